The van der Waals surface area contributed by atoms with Crippen LogP contribution in [0.3, 0.4) is 0 Å². The molecule has 92 valence electrons. The molecule has 0 fully saturated rings. The van der Waals surface area contributed by atoms with Crippen molar-refractivity contribution in [3.63, 3.8) is 0 Å². The van der Waals surface area contributed by atoms with E-state index in [1.165, 1.54) is 0 Å². The summed E-state index contributed by atoms with van der Waals surface area (Å²) in [6, 6.07) is 5.76. The summed E-state index contributed by atoms with van der Waals surface area (Å²) in [6.45, 7) is 0.809. The van der Waals surface area contributed by atoms with E-state index in [2.05, 4.69) is 15.3 Å². The van der Waals surface area contributed by atoms with Crippen molar-refractivity contribution in [3.8, 4) is 11.5 Å². The van der Waals surface area contributed by atoms with E-state index in [4.69, 9.17) is 21.1 Å². The Labute approximate surface area is 109 Å². The topological polar surface area (TPSA) is 56.3 Å². The number of benzene rings is 1. The van der Waals surface area contributed by atoms with Gasteiger partial charge in [-0.2, -0.15) is 0 Å². The second-order valence-electron chi connectivity index (χ2n) is 3.70. The predicted molar refractivity (Wildman–Crippen MR) is 66.9 cm³/mol. The molecule has 18 heavy (non-hydrogen) atoms. The van der Waals surface area contributed by atoms with E-state index in [-0.39, 0.29) is 6.79 Å². The average Bonchev–Trinajstić information content (AvgIpc) is 2.86. The quantitative estimate of drug-likeness (QED) is 0.922. The maximum atomic E-state index is 5.92. The first-order valence-corrected chi connectivity index (χ1v) is 5.80. The second kappa shape index (κ2) is 4.70. The zero-order valence-electron chi connectivity index (χ0n) is 9.39. The highest BCUT2D eigenvalue weighted by molar-refractivity contribution is 6.31. The molecule has 0 unspecified atom stereocenters. The van der Waals surface area contributed by atoms with E-state index in [0.717, 1.165) is 17.1 Å². The normalized spacial score (nSPS) is 12.5. The third-order valence-electron chi connectivity index (χ3n) is 2.58. The van der Waals surface area contributed by atoms with Crippen molar-refractivity contribution in [2.75, 3.05) is 12.1 Å². The zero-order valence-corrected chi connectivity index (χ0v) is 10.1. The molecule has 1 aliphatic heterocycles. The van der Waals surface area contributed by atoms with Gasteiger partial charge in [0.25, 0.3) is 0 Å². The lowest BCUT2D eigenvalue weighted by Gasteiger charge is -2.08. The molecule has 3 rings (SSSR count). The van der Waals surface area contributed by atoms with E-state index >= 15 is 0 Å². The first-order chi connectivity index (χ1) is 8.84. The summed E-state index contributed by atoms with van der Waals surface area (Å²) in [4.78, 5) is 8.06. The highest BCUT2D eigenvalue weighted by Crippen LogP contribution is 2.35. The summed E-state index contributed by atoms with van der Waals surface area (Å²) in [7, 11) is 0. The molecular formula is C12H10ClN3O2. The Bertz CT molecular complexity index is 577. The molecule has 1 aromatic carbocycles. The van der Waals surface area contributed by atoms with Gasteiger partial charge in [-0.1, -0.05) is 23.7 Å². The number of aromatic nitrogens is 2. The van der Waals surface area contributed by atoms with Crippen LogP contribution in [0.25, 0.3) is 0 Å². The van der Waals surface area contributed by atoms with Crippen molar-refractivity contribution in [2.24, 2.45) is 0 Å². The van der Waals surface area contributed by atoms with Gasteiger partial charge in [0, 0.05) is 24.5 Å². The van der Waals surface area contributed by atoms with Crippen LogP contribution in [0.15, 0.2) is 30.6 Å². The highest BCUT2D eigenvalue weighted by atomic mass is 35.5. The molecule has 0 spiro atoms. The minimum atomic E-state index is 0.262. The third kappa shape index (κ3) is 2.04. The van der Waals surface area contributed by atoms with Gasteiger partial charge in [0.1, 0.15) is 0 Å². The molecule has 1 aliphatic rings. The number of ether oxygens (including phenoxy) is 2. The van der Waals surface area contributed by atoms with Gasteiger partial charge < -0.3 is 14.8 Å². The van der Waals surface area contributed by atoms with Gasteiger partial charge in [-0.3, -0.25) is 0 Å². The van der Waals surface area contributed by atoms with Crippen LogP contribution >= 0.6 is 11.6 Å². The smallest absolute Gasteiger partial charge is 0.231 e. The van der Waals surface area contributed by atoms with E-state index in [1.807, 2.05) is 18.2 Å². The Balaban J connectivity index is 1.78. The van der Waals surface area contributed by atoms with Crippen molar-refractivity contribution in [1.29, 1.82) is 0 Å². The first kappa shape index (κ1) is 11.1. The summed E-state index contributed by atoms with van der Waals surface area (Å²) in [5.74, 6) is 2.08. The molecule has 5 nitrogen and oxygen atoms in total. The highest BCUT2D eigenvalue weighted by Gasteiger charge is 2.17. The van der Waals surface area contributed by atoms with Crippen molar-refractivity contribution in [2.45, 2.75) is 6.54 Å². The molecule has 0 saturated heterocycles. The summed E-state index contributed by atoms with van der Waals surface area (Å²) in [5.41, 5.74) is 0.992. The fourth-order valence-corrected chi connectivity index (χ4v) is 1.92. The Morgan fingerprint density at radius 1 is 1.22 bits per heavy atom. The molecule has 1 N–H and O–H groups in total. The molecular weight excluding hydrogens is 254 g/mol. The summed E-state index contributed by atoms with van der Waals surface area (Å²) in [5, 5.41) is 3.47. The molecule has 0 radical (unpaired) electrons. The number of hydrogen-bond donors (Lipinski definition) is 1. The molecule has 0 atom stereocenters. The molecule has 0 amide bonds. The maximum absolute atomic E-state index is 5.92. The fraction of sp³-hybridized carbons (Fsp3) is 0.167. The van der Waals surface area contributed by atoms with Crippen molar-refractivity contribution in [1.82, 2.24) is 9.97 Å². The van der Waals surface area contributed by atoms with Crippen molar-refractivity contribution >= 4 is 17.4 Å². The Hall–Kier alpha value is -2.01. The van der Waals surface area contributed by atoms with Gasteiger partial charge in [-0.15, -0.1) is 0 Å². The fourth-order valence-electron chi connectivity index (χ4n) is 1.75. The molecule has 6 heteroatoms. The molecule has 2 heterocycles. The largest absolute Gasteiger partial charge is 0.454 e. The molecule has 1 aromatic heterocycles. The van der Waals surface area contributed by atoms with Crippen molar-refractivity contribution in [3.05, 3.63) is 41.3 Å². The number of anilines is 1. The summed E-state index contributed by atoms with van der Waals surface area (Å²) < 4.78 is 10.7. The number of para-hydroxylation sites is 1. The van der Waals surface area contributed by atoms with Gasteiger partial charge in [-0.25, -0.2) is 9.97 Å². The standard InChI is InChI=1S/C12H10ClN3O2/c13-11-12(15-5-4-14-11)16-6-8-2-1-3-9-10(8)18-7-17-9/h1-5H,6-7H2,(H,15,16). The number of hydrogen-bond acceptors (Lipinski definition) is 5. The predicted octanol–water partition coefficient (Wildman–Crippen LogP) is 2.47. The van der Waals surface area contributed by atoms with Crippen LogP contribution < -0.4 is 14.8 Å². The molecule has 0 saturated carbocycles. The first-order valence-electron chi connectivity index (χ1n) is 5.42. The summed E-state index contributed by atoms with van der Waals surface area (Å²) in [6.07, 6.45) is 3.13. The van der Waals surface area contributed by atoms with Crippen LogP contribution in [-0.2, 0) is 6.54 Å². The Kier molecular flexibility index (Phi) is 2.90. The van der Waals surface area contributed by atoms with Crippen molar-refractivity contribution < 1.29 is 9.47 Å². The van der Waals surface area contributed by atoms with E-state index in [1.54, 1.807) is 12.4 Å². The number of halogens is 1. The van der Waals surface area contributed by atoms with Crippen LogP contribution in [0.4, 0.5) is 5.82 Å². The number of nitrogens with one attached hydrogen (secondary N) is 1. The zero-order chi connectivity index (χ0) is 12.4. The number of nitrogens with zero attached hydrogens (tertiary/aromatic N) is 2. The maximum Gasteiger partial charge on any atom is 0.231 e. The molecule has 0 aliphatic carbocycles. The van der Waals surface area contributed by atoms with Gasteiger partial charge in [0.05, 0.1) is 0 Å². The van der Waals surface area contributed by atoms with Gasteiger partial charge in [0.15, 0.2) is 22.5 Å². The number of rotatable bonds is 3. The third-order valence-corrected chi connectivity index (χ3v) is 2.85. The van der Waals surface area contributed by atoms with Crippen LogP contribution in [-0.4, -0.2) is 16.8 Å². The monoisotopic (exact) mass is 263 g/mol. The van der Waals surface area contributed by atoms with E-state index in [0.29, 0.717) is 17.5 Å². The number of fused-ring (bicyclic) bond motifs is 1. The van der Waals surface area contributed by atoms with E-state index < -0.39 is 0 Å². The summed E-state index contributed by atoms with van der Waals surface area (Å²) >= 11 is 5.92. The van der Waals surface area contributed by atoms with Gasteiger partial charge in [-0.05, 0) is 6.07 Å². The second-order valence-corrected chi connectivity index (χ2v) is 4.06. The van der Waals surface area contributed by atoms with E-state index in [9.17, 15) is 0 Å². The van der Waals surface area contributed by atoms with Crippen LogP contribution in [0.2, 0.25) is 5.15 Å². The van der Waals surface area contributed by atoms with Crippen LogP contribution in [0.5, 0.6) is 11.5 Å². The minimum absolute atomic E-state index is 0.262. The average molecular weight is 264 g/mol. The Morgan fingerprint density at radius 3 is 3.00 bits per heavy atom. The molecule has 2 aromatic rings. The Morgan fingerprint density at radius 2 is 2.11 bits per heavy atom. The van der Waals surface area contributed by atoms with Gasteiger partial charge in [0.2, 0.25) is 6.79 Å². The lowest BCUT2D eigenvalue weighted by Crippen LogP contribution is -2.03. The van der Waals surface area contributed by atoms with Crippen LogP contribution in [0, 0.1) is 0 Å². The van der Waals surface area contributed by atoms with Crippen LogP contribution in [0.1, 0.15) is 5.56 Å². The molecule has 0 bridgehead atoms. The minimum Gasteiger partial charge on any atom is -0.454 e. The SMILES string of the molecule is Clc1nccnc1NCc1cccc2c1OCO2. The lowest BCUT2D eigenvalue weighted by atomic mass is 10.2. The van der Waals surface area contributed by atoms with Gasteiger partial charge >= 0.3 is 0 Å². The lowest BCUT2D eigenvalue weighted by molar-refractivity contribution is 0.173.